The lowest BCUT2D eigenvalue weighted by atomic mass is 9.96. The maximum absolute atomic E-state index is 10.4. The van der Waals surface area contributed by atoms with Crippen molar-refractivity contribution in [1.82, 2.24) is 0 Å². The van der Waals surface area contributed by atoms with Gasteiger partial charge in [0.2, 0.25) is 0 Å². The van der Waals surface area contributed by atoms with Gasteiger partial charge in [-0.1, -0.05) is 0 Å². The summed E-state index contributed by atoms with van der Waals surface area (Å²) in [5.41, 5.74) is 5.78. The van der Waals surface area contributed by atoms with E-state index < -0.39 is 93.9 Å². The number of nitrogens with two attached hydrogens (primary N) is 1. The third-order valence-electron chi connectivity index (χ3n) is 4.71. The number of hydrogen-bond acceptors (Lipinski definition) is 13. The highest BCUT2D eigenvalue weighted by molar-refractivity contribution is 4.95. The molecule has 2 rings (SSSR count). The first-order valence-electron chi connectivity index (χ1n) is 8.81. The molecule has 11 atom stereocenters. The zero-order valence-corrected chi connectivity index (χ0v) is 15.0. The summed E-state index contributed by atoms with van der Waals surface area (Å²) in [7, 11) is 0. The van der Waals surface area contributed by atoms with Crippen LogP contribution >= 0.6 is 0 Å². The summed E-state index contributed by atoms with van der Waals surface area (Å²) < 4.78 is 21.2. The van der Waals surface area contributed by atoms with Gasteiger partial charge in [0.1, 0.15) is 48.8 Å². The van der Waals surface area contributed by atoms with Gasteiger partial charge in [0.15, 0.2) is 12.6 Å². The van der Waals surface area contributed by atoms with Crippen molar-refractivity contribution in [3.05, 3.63) is 0 Å². The molecule has 0 spiro atoms. The molecule has 0 bridgehead atoms. The monoisotopic (exact) mass is 415 g/mol. The molecule has 2 heterocycles. The predicted molar refractivity (Wildman–Crippen MR) is 87.4 cm³/mol. The van der Waals surface area contributed by atoms with Crippen molar-refractivity contribution in [2.75, 3.05) is 26.4 Å². The molecule has 0 amide bonds. The number of hydrogen-bond donors (Lipinski definition) is 9. The summed E-state index contributed by atoms with van der Waals surface area (Å²) in [6.45, 7) is -2.31. The molecule has 13 heteroatoms. The molecule has 0 aromatic carbocycles. The third-order valence-corrected chi connectivity index (χ3v) is 4.71. The zero-order valence-electron chi connectivity index (χ0n) is 15.0. The van der Waals surface area contributed by atoms with Crippen LogP contribution in [0.5, 0.6) is 0 Å². The summed E-state index contributed by atoms with van der Waals surface area (Å²) in [5.74, 6) is 0. The Morgan fingerprint density at radius 3 is 1.96 bits per heavy atom. The second kappa shape index (κ2) is 10.5. The minimum absolute atomic E-state index is 0.407. The van der Waals surface area contributed by atoms with Gasteiger partial charge in [-0.3, -0.25) is 0 Å². The van der Waals surface area contributed by atoms with Crippen molar-refractivity contribution in [2.24, 2.45) is 5.73 Å². The molecule has 0 aromatic heterocycles. The van der Waals surface area contributed by atoms with Crippen molar-refractivity contribution in [2.45, 2.75) is 67.5 Å². The van der Waals surface area contributed by atoms with Crippen molar-refractivity contribution in [3.63, 3.8) is 0 Å². The van der Waals surface area contributed by atoms with Crippen LogP contribution in [0.15, 0.2) is 0 Å². The molecule has 0 aromatic rings. The van der Waals surface area contributed by atoms with Crippen molar-refractivity contribution in [3.8, 4) is 0 Å². The maximum atomic E-state index is 10.4. The van der Waals surface area contributed by atoms with E-state index >= 15 is 0 Å². The fourth-order valence-corrected chi connectivity index (χ4v) is 2.99. The first-order valence-corrected chi connectivity index (χ1v) is 8.81. The van der Waals surface area contributed by atoms with Crippen LogP contribution in [-0.2, 0) is 18.9 Å². The van der Waals surface area contributed by atoms with Gasteiger partial charge < -0.3 is 65.5 Å². The second-order valence-corrected chi connectivity index (χ2v) is 6.76. The average molecular weight is 415 g/mol. The highest BCUT2D eigenvalue weighted by atomic mass is 16.7. The van der Waals surface area contributed by atoms with E-state index in [-0.39, 0.29) is 0 Å². The lowest BCUT2D eigenvalue weighted by molar-refractivity contribution is -0.348. The molecule has 0 radical (unpaired) electrons. The van der Waals surface area contributed by atoms with Crippen LogP contribution in [0.2, 0.25) is 0 Å². The third kappa shape index (κ3) is 5.14. The molecule has 13 nitrogen and oxygen atoms in total. The van der Waals surface area contributed by atoms with Crippen LogP contribution in [-0.4, -0.2) is 135 Å². The second-order valence-electron chi connectivity index (χ2n) is 6.76. The van der Waals surface area contributed by atoms with Gasteiger partial charge in [0.25, 0.3) is 0 Å². The van der Waals surface area contributed by atoms with Gasteiger partial charge >= 0.3 is 0 Å². The molecular formula is C15H29NO12. The van der Waals surface area contributed by atoms with E-state index in [0.29, 0.717) is 0 Å². The maximum Gasteiger partial charge on any atom is 0.186 e. The SMILES string of the molecule is N[C@H]1[C@H](O[C@H]2[C@@H](O)[C@@H](CO)O[C@H](OC[C@H](O)CO)[C@@H]2O)O[C@H](CO)[C@H](O)[C@@H]1O. The molecule has 28 heavy (non-hydrogen) atoms. The zero-order chi connectivity index (χ0) is 21.0. The molecule has 10 N–H and O–H groups in total. The number of rotatable bonds is 8. The van der Waals surface area contributed by atoms with Crippen molar-refractivity contribution in [1.29, 1.82) is 0 Å². The Labute approximate surface area is 160 Å². The fourth-order valence-electron chi connectivity index (χ4n) is 2.99. The van der Waals surface area contributed by atoms with E-state index in [2.05, 4.69) is 0 Å². The average Bonchev–Trinajstić information content (AvgIpc) is 2.70. The molecule has 2 aliphatic rings. The first kappa shape index (κ1) is 23.8. The Hall–Kier alpha value is -0.520. The molecular weight excluding hydrogens is 386 g/mol. The molecule has 2 aliphatic heterocycles. The summed E-state index contributed by atoms with van der Waals surface area (Å²) in [6, 6.07) is -1.27. The van der Waals surface area contributed by atoms with Gasteiger partial charge in [0.05, 0.1) is 32.5 Å². The van der Waals surface area contributed by atoms with Crippen LogP contribution in [0.3, 0.4) is 0 Å². The van der Waals surface area contributed by atoms with E-state index in [4.69, 9.17) is 29.8 Å². The molecule has 0 aliphatic carbocycles. The van der Waals surface area contributed by atoms with Crippen molar-refractivity contribution < 1.29 is 59.8 Å². The lowest BCUT2D eigenvalue weighted by Crippen LogP contribution is -2.66. The normalized spacial score (nSPS) is 45.8. The van der Waals surface area contributed by atoms with Gasteiger partial charge in [-0.2, -0.15) is 0 Å². The van der Waals surface area contributed by atoms with Gasteiger partial charge in [-0.25, -0.2) is 0 Å². The van der Waals surface area contributed by atoms with Crippen LogP contribution in [0.1, 0.15) is 0 Å². The molecule has 2 saturated heterocycles. The number of aliphatic hydroxyl groups excluding tert-OH is 8. The summed E-state index contributed by atoms with van der Waals surface area (Å²) in [5, 5.41) is 77.4. The van der Waals surface area contributed by atoms with E-state index in [0.717, 1.165) is 0 Å². The van der Waals surface area contributed by atoms with E-state index in [1.54, 1.807) is 0 Å². The van der Waals surface area contributed by atoms with Crippen LogP contribution < -0.4 is 5.73 Å². The number of aliphatic hydroxyl groups is 8. The smallest absolute Gasteiger partial charge is 0.186 e. The Morgan fingerprint density at radius 1 is 0.821 bits per heavy atom. The summed E-state index contributed by atoms with van der Waals surface area (Å²) >= 11 is 0. The summed E-state index contributed by atoms with van der Waals surface area (Å²) in [6.07, 6.45) is -14.2. The van der Waals surface area contributed by atoms with Gasteiger partial charge in [0, 0.05) is 0 Å². The highest BCUT2D eigenvalue weighted by Gasteiger charge is 2.50. The topological polar surface area (TPSA) is 225 Å². The van der Waals surface area contributed by atoms with Gasteiger partial charge in [-0.15, -0.1) is 0 Å². The standard InChI is InChI=1S/C15H29NO12/c16-8-11(23)9(21)6(2-18)26-14(8)28-13-10(22)7(3-19)27-15(12(13)24)25-4-5(20)1-17/h5-15,17-24H,1-4,16H2/t5-,6-,7-,8-,9+,10+,11-,12-,13+,14+,15+/m1/s1. The largest absolute Gasteiger partial charge is 0.394 e. The Bertz CT molecular complexity index is 470. The van der Waals surface area contributed by atoms with Crippen molar-refractivity contribution >= 4 is 0 Å². The first-order chi connectivity index (χ1) is 13.2. The van der Waals surface area contributed by atoms with Crippen LogP contribution in [0, 0.1) is 0 Å². The lowest BCUT2D eigenvalue weighted by Gasteiger charge is -2.46. The fraction of sp³-hybridized carbons (Fsp3) is 1.00. The van der Waals surface area contributed by atoms with Gasteiger partial charge in [-0.05, 0) is 0 Å². The van der Waals surface area contributed by atoms with E-state index in [1.807, 2.05) is 0 Å². The Balaban J connectivity index is 2.11. The minimum atomic E-state index is -1.63. The minimum Gasteiger partial charge on any atom is -0.394 e. The van der Waals surface area contributed by atoms with Crippen LogP contribution in [0.25, 0.3) is 0 Å². The predicted octanol–water partition coefficient (Wildman–Crippen LogP) is -6.05. The van der Waals surface area contributed by atoms with E-state index in [9.17, 15) is 35.7 Å². The number of ether oxygens (including phenoxy) is 4. The highest BCUT2D eigenvalue weighted by Crippen LogP contribution is 2.29. The Morgan fingerprint density at radius 2 is 1.39 bits per heavy atom. The Kier molecular flexibility index (Phi) is 8.90. The molecule has 0 saturated carbocycles. The van der Waals surface area contributed by atoms with Crippen LogP contribution in [0.4, 0.5) is 0 Å². The molecule has 0 unspecified atom stereocenters. The van der Waals surface area contributed by atoms with E-state index in [1.165, 1.54) is 0 Å². The molecule has 166 valence electrons. The quantitative estimate of drug-likeness (QED) is 0.180. The molecule has 2 fully saturated rings. The summed E-state index contributed by atoms with van der Waals surface area (Å²) in [4.78, 5) is 0.